The summed E-state index contributed by atoms with van der Waals surface area (Å²) in [6.07, 6.45) is 0. The summed E-state index contributed by atoms with van der Waals surface area (Å²) in [5.74, 6) is 0.321. The molecule has 0 saturated carbocycles. The van der Waals surface area contributed by atoms with E-state index in [9.17, 15) is 4.79 Å². The SMILES string of the molecule is Cc1nc(Cl)nc(Nc2cccc(C(N)=O)c2)n1. The fourth-order valence-electron chi connectivity index (χ4n) is 1.38. The van der Waals surface area contributed by atoms with Crippen LogP contribution in [-0.2, 0) is 0 Å². The molecule has 0 radical (unpaired) electrons. The molecule has 2 rings (SSSR count). The number of primary amides is 1. The van der Waals surface area contributed by atoms with Gasteiger partial charge in [0.05, 0.1) is 0 Å². The first-order chi connectivity index (χ1) is 8.54. The fourth-order valence-corrected chi connectivity index (χ4v) is 1.59. The molecule has 6 nitrogen and oxygen atoms in total. The average molecular weight is 264 g/mol. The second kappa shape index (κ2) is 4.97. The number of carbonyl (C=O) groups excluding carboxylic acids is 1. The van der Waals surface area contributed by atoms with Gasteiger partial charge in [0.15, 0.2) is 0 Å². The number of aryl methyl sites for hydroxylation is 1. The predicted octanol–water partition coefficient (Wildman–Crippen LogP) is 1.68. The summed E-state index contributed by atoms with van der Waals surface area (Å²) >= 11 is 5.72. The summed E-state index contributed by atoms with van der Waals surface area (Å²) in [4.78, 5) is 22.9. The van der Waals surface area contributed by atoms with Gasteiger partial charge in [-0.15, -0.1) is 0 Å². The van der Waals surface area contributed by atoms with Crippen LogP contribution in [0.4, 0.5) is 11.6 Å². The molecule has 2 aromatic rings. The van der Waals surface area contributed by atoms with Crippen LogP contribution in [-0.4, -0.2) is 20.9 Å². The van der Waals surface area contributed by atoms with Crippen LogP contribution in [0.1, 0.15) is 16.2 Å². The molecule has 1 aromatic carbocycles. The van der Waals surface area contributed by atoms with Crippen molar-refractivity contribution >= 4 is 29.1 Å². The van der Waals surface area contributed by atoms with Gasteiger partial charge in [0.1, 0.15) is 5.82 Å². The lowest BCUT2D eigenvalue weighted by Gasteiger charge is -2.06. The van der Waals surface area contributed by atoms with Crippen molar-refractivity contribution in [2.24, 2.45) is 5.73 Å². The molecule has 0 fully saturated rings. The molecule has 0 atom stereocenters. The van der Waals surface area contributed by atoms with Crippen molar-refractivity contribution in [3.05, 3.63) is 40.9 Å². The van der Waals surface area contributed by atoms with Crippen LogP contribution in [0.25, 0.3) is 0 Å². The van der Waals surface area contributed by atoms with Crippen molar-refractivity contribution in [3.63, 3.8) is 0 Å². The van der Waals surface area contributed by atoms with E-state index in [2.05, 4.69) is 20.3 Å². The molecule has 1 heterocycles. The molecule has 1 aromatic heterocycles. The molecular weight excluding hydrogens is 254 g/mol. The maximum Gasteiger partial charge on any atom is 0.248 e. The van der Waals surface area contributed by atoms with E-state index in [1.54, 1.807) is 31.2 Å². The number of aromatic nitrogens is 3. The van der Waals surface area contributed by atoms with E-state index in [1.165, 1.54) is 0 Å². The Bertz CT molecular complexity index is 581. The Hall–Kier alpha value is -2.21. The first kappa shape index (κ1) is 12.3. The van der Waals surface area contributed by atoms with Gasteiger partial charge in [0, 0.05) is 11.3 Å². The third kappa shape index (κ3) is 2.92. The van der Waals surface area contributed by atoms with Crippen molar-refractivity contribution in [3.8, 4) is 0 Å². The van der Waals surface area contributed by atoms with Gasteiger partial charge in [0.25, 0.3) is 0 Å². The molecule has 0 unspecified atom stereocenters. The van der Waals surface area contributed by atoms with Crippen LogP contribution >= 0.6 is 11.6 Å². The largest absolute Gasteiger partial charge is 0.366 e. The monoisotopic (exact) mass is 263 g/mol. The first-order valence-electron chi connectivity index (χ1n) is 5.09. The third-order valence-corrected chi connectivity index (χ3v) is 2.29. The van der Waals surface area contributed by atoms with Crippen molar-refractivity contribution in [2.75, 3.05) is 5.32 Å². The maximum absolute atomic E-state index is 11.0. The van der Waals surface area contributed by atoms with E-state index in [0.717, 1.165) is 0 Å². The van der Waals surface area contributed by atoms with Crippen molar-refractivity contribution in [1.82, 2.24) is 15.0 Å². The Morgan fingerprint density at radius 2 is 2.11 bits per heavy atom. The number of nitrogens with one attached hydrogen (secondary N) is 1. The van der Waals surface area contributed by atoms with Crippen LogP contribution in [0.3, 0.4) is 0 Å². The van der Waals surface area contributed by atoms with E-state index in [4.69, 9.17) is 17.3 Å². The summed E-state index contributed by atoms with van der Waals surface area (Å²) in [6, 6.07) is 6.70. The van der Waals surface area contributed by atoms with Crippen LogP contribution in [0.15, 0.2) is 24.3 Å². The minimum atomic E-state index is -0.497. The van der Waals surface area contributed by atoms with Crippen molar-refractivity contribution in [2.45, 2.75) is 6.92 Å². The number of amides is 1. The second-order valence-corrected chi connectivity index (χ2v) is 3.88. The second-order valence-electron chi connectivity index (χ2n) is 3.55. The third-order valence-electron chi connectivity index (χ3n) is 2.12. The molecule has 0 aliphatic carbocycles. The van der Waals surface area contributed by atoms with E-state index < -0.39 is 5.91 Å². The number of halogens is 1. The molecular formula is C11H10ClN5O. The summed E-state index contributed by atoms with van der Waals surface area (Å²) in [5.41, 5.74) is 6.24. The molecule has 0 bridgehead atoms. The van der Waals surface area contributed by atoms with Gasteiger partial charge < -0.3 is 11.1 Å². The van der Waals surface area contributed by atoms with E-state index in [0.29, 0.717) is 23.0 Å². The highest BCUT2D eigenvalue weighted by atomic mass is 35.5. The predicted molar refractivity (Wildman–Crippen MR) is 67.8 cm³/mol. The van der Waals surface area contributed by atoms with Crippen LogP contribution in [0.5, 0.6) is 0 Å². The maximum atomic E-state index is 11.0. The quantitative estimate of drug-likeness (QED) is 0.879. The minimum Gasteiger partial charge on any atom is -0.366 e. The number of hydrogen-bond donors (Lipinski definition) is 2. The van der Waals surface area contributed by atoms with Crippen molar-refractivity contribution in [1.29, 1.82) is 0 Å². The topological polar surface area (TPSA) is 93.8 Å². The molecule has 18 heavy (non-hydrogen) atoms. The lowest BCUT2D eigenvalue weighted by molar-refractivity contribution is 0.100. The molecule has 0 saturated heterocycles. The lowest BCUT2D eigenvalue weighted by atomic mass is 10.2. The highest BCUT2D eigenvalue weighted by Crippen LogP contribution is 2.15. The van der Waals surface area contributed by atoms with E-state index in [-0.39, 0.29) is 5.28 Å². The van der Waals surface area contributed by atoms with Crippen LogP contribution in [0.2, 0.25) is 5.28 Å². The molecule has 3 N–H and O–H groups in total. The molecule has 92 valence electrons. The zero-order chi connectivity index (χ0) is 13.1. The molecule has 0 aliphatic rings. The molecule has 7 heteroatoms. The van der Waals surface area contributed by atoms with Gasteiger partial charge in [-0.25, -0.2) is 4.98 Å². The highest BCUT2D eigenvalue weighted by molar-refractivity contribution is 6.28. The number of nitrogens with two attached hydrogens (primary N) is 1. The number of benzene rings is 1. The Morgan fingerprint density at radius 1 is 1.33 bits per heavy atom. The van der Waals surface area contributed by atoms with Crippen molar-refractivity contribution < 1.29 is 4.79 Å². The van der Waals surface area contributed by atoms with Gasteiger partial charge in [-0.1, -0.05) is 6.07 Å². The van der Waals surface area contributed by atoms with Gasteiger partial charge >= 0.3 is 0 Å². The standard InChI is InChI=1S/C11H10ClN5O/c1-6-14-10(12)17-11(15-6)16-8-4-2-3-7(5-8)9(13)18/h2-5H,1H3,(H2,13,18)(H,14,15,16,17). The summed E-state index contributed by atoms with van der Waals surface area (Å²) in [7, 11) is 0. The number of hydrogen-bond acceptors (Lipinski definition) is 5. The summed E-state index contributed by atoms with van der Waals surface area (Å²) in [5, 5.41) is 3.03. The summed E-state index contributed by atoms with van der Waals surface area (Å²) < 4.78 is 0. The van der Waals surface area contributed by atoms with E-state index >= 15 is 0 Å². The zero-order valence-corrected chi connectivity index (χ0v) is 10.3. The number of anilines is 2. The highest BCUT2D eigenvalue weighted by Gasteiger charge is 2.04. The Morgan fingerprint density at radius 3 is 2.78 bits per heavy atom. The number of rotatable bonds is 3. The molecule has 0 aliphatic heterocycles. The Balaban J connectivity index is 2.28. The van der Waals surface area contributed by atoms with Gasteiger partial charge in [-0.05, 0) is 36.7 Å². The normalized spacial score (nSPS) is 10.1. The zero-order valence-electron chi connectivity index (χ0n) is 9.51. The smallest absolute Gasteiger partial charge is 0.248 e. The summed E-state index contributed by atoms with van der Waals surface area (Å²) in [6.45, 7) is 1.71. The number of carbonyl (C=O) groups is 1. The Labute approximate surface area is 108 Å². The number of nitrogens with zero attached hydrogens (tertiary/aromatic N) is 3. The molecule has 0 spiro atoms. The average Bonchev–Trinajstić information content (AvgIpc) is 2.27. The Kier molecular flexibility index (Phi) is 3.38. The fraction of sp³-hybridized carbons (Fsp3) is 0.0909. The van der Waals surface area contributed by atoms with Gasteiger partial charge in [-0.2, -0.15) is 9.97 Å². The molecule has 1 amide bonds. The van der Waals surface area contributed by atoms with Gasteiger partial charge in [-0.3, -0.25) is 4.79 Å². The van der Waals surface area contributed by atoms with Crippen LogP contribution < -0.4 is 11.1 Å². The van der Waals surface area contributed by atoms with E-state index in [1.807, 2.05) is 0 Å². The van der Waals surface area contributed by atoms with Gasteiger partial charge in [0.2, 0.25) is 17.1 Å². The lowest BCUT2D eigenvalue weighted by Crippen LogP contribution is -2.11. The van der Waals surface area contributed by atoms with Crippen LogP contribution in [0, 0.1) is 6.92 Å². The first-order valence-corrected chi connectivity index (χ1v) is 5.47. The minimum absolute atomic E-state index is 0.107.